The summed E-state index contributed by atoms with van der Waals surface area (Å²) in [5.74, 6) is -0.219. The van der Waals surface area contributed by atoms with Gasteiger partial charge < -0.3 is 14.8 Å². The number of hydrogen-bond acceptors (Lipinski definition) is 3. The summed E-state index contributed by atoms with van der Waals surface area (Å²) in [7, 11) is 0. The topological polar surface area (TPSA) is 67.2 Å². The van der Waals surface area contributed by atoms with Crippen LogP contribution in [0, 0.1) is 13.8 Å². The quantitative estimate of drug-likeness (QED) is 0.493. The Morgan fingerprint density at radius 1 is 0.970 bits per heavy atom. The number of para-hydroxylation sites is 1. The van der Waals surface area contributed by atoms with E-state index >= 15 is 0 Å². The first-order valence-corrected chi connectivity index (χ1v) is 10.9. The fourth-order valence-electron chi connectivity index (χ4n) is 4.48. The van der Waals surface area contributed by atoms with Gasteiger partial charge >= 0.3 is 0 Å². The molecule has 0 bridgehead atoms. The van der Waals surface area contributed by atoms with Crippen LogP contribution in [0.15, 0.2) is 79.1 Å². The molecule has 1 aliphatic heterocycles. The van der Waals surface area contributed by atoms with Crippen LogP contribution in [0.2, 0.25) is 0 Å². The molecule has 0 saturated carbocycles. The van der Waals surface area contributed by atoms with Gasteiger partial charge in [0.1, 0.15) is 0 Å². The number of nitrogens with zero attached hydrogens (tertiary/aromatic N) is 3. The molecule has 2 aromatic carbocycles. The summed E-state index contributed by atoms with van der Waals surface area (Å²) in [5, 5.41) is 2.95. The molecule has 5 rings (SSSR count). The first-order valence-electron chi connectivity index (χ1n) is 10.9. The third-order valence-corrected chi connectivity index (χ3v) is 6.10. The summed E-state index contributed by atoms with van der Waals surface area (Å²) in [6.45, 7) is 4.57. The largest absolute Gasteiger partial charge is 0.322 e. The van der Waals surface area contributed by atoms with Crippen LogP contribution in [0.4, 0.5) is 11.4 Å². The number of fused-ring (bicyclic) bond motifs is 1. The Bertz CT molecular complexity index is 1340. The molecule has 6 nitrogen and oxygen atoms in total. The molecule has 3 heterocycles. The van der Waals surface area contributed by atoms with Gasteiger partial charge in [0.25, 0.3) is 11.8 Å². The van der Waals surface area contributed by atoms with Gasteiger partial charge in [-0.15, -0.1) is 0 Å². The highest BCUT2D eigenvalue weighted by Gasteiger charge is 2.25. The van der Waals surface area contributed by atoms with Crippen molar-refractivity contribution in [1.29, 1.82) is 0 Å². The molecule has 4 aromatic rings. The van der Waals surface area contributed by atoms with E-state index in [-0.39, 0.29) is 11.8 Å². The van der Waals surface area contributed by atoms with Crippen LogP contribution in [0.3, 0.4) is 0 Å². The standard InChI is InChI=1S/C27H24N4O2/c1-18-16-24(19(2)31(18)23-7-5-14-28-17-23)26(32)29-22-11-9-21(10-12-22)27(33)30-15-13-20-6-3-4-8-25(20)30/h3-12,14,16-17H,13,15H2,1-2H3,(H,29,32). The Morgan fingerprint density at radius 3 is 2.52 bits per heavy atom. The first-order chi connectivity index (χ1) is 16.0. The lowest BCUT2D eigenvalue weighted by Crippen LogP contribution is -2.28. The number of rotatable bonds is 4. The second-order valence-corrected chi connectivity index (χ2v) is 8.20. The second-order valence-electron chi connectivity index (χ2n) is 8.20. The highest BCUT2D eigenvalue weighted by Crippen LogP contribution is 2.29. The Balaban J connectivity index is 1.32. The minimum absolute atomic E-state index is 0.0298. The van der Waals surface area contributed by atoms with Crippen LogP contribution in [0.25, 0.3) is 5.69 Å². The molecule has 164 valence electrons. The van der Waals surface area contributed by atoms with Gasteiger partial charge in [0.2, 0.25) is 0 Å². The maximum Gasteiger partial charge on any atom is 0.258 e. The molecule has 1 aliphatic rings. The van der Waals surface area contributed by atoms with Gasteiger partial charge in [0.15, 0.2) is 0 Å². The minimum atomic E-state index is -0.189. The van der Waals surface area contributed by atoms with Crippen molar-refractivity contribution >= 4 is 23.2 Å². The van der Waals surface area contributed by atoms with Crippen molar-refractivity contribution in [1.82, 2.24) is 9.55 Å². The molecule has 6 heteroatoms. The maximum atomic E-state index is 13.0. The average Bonchev–Trinajstić information content (AvgIpc) is 3.40. The number of hydrogen-bond donors (Lipinski definition) is 1. The van der Waals surface area contributed by atoms with Gasteiger partial charge in [-0.3, -0.25) is 14.6 Å². The van der Waals surface area contributed by atoms with Crippen molar-refractivity contribution < 1.29 is 9.59 Å². The van der Waals surface area contributed by atoms with Gasteiger partial charge in [-0.25, -0.2) is 0 Å². The lowest BCUT2D eigenvalue weighted by Gasteiger charge is -2.17. The van der Waals surface area contributed by atoms with Crippen molar-refractivity contribution in [3.05, 3.63) is 107 Å². The van der Waals surface area contributed by atoms with Crippen molar-refractivity contribution in [2.45, 2.75) is 20.3 Å². The summed E-state index contributed by atoms with van der Waals surface area (Å²) in [6.07, 6.45) is 4.37. The van der Waals surface area contributed by atoms with E-state index in [1.807, 2.05) is 59.7 Å². The Kier molecular flexibility index (Phi) is 5.26. The first kappa shape index (κ1) is 20.7. The van der Waals surface area contributed by atoms with Gasteiger partial charge in [-0.2, -0.15) is 0 Å². The zero-order valence-electron chi connectivity index (χ0n) is 18.6. The summed E-state index contributed by atoms with van der Waals surface area (Å²) >= 11 is 0. The SMILES string of the molecule is Cc1cc(C(=O)Nc2ccc(C(=O)N3CCc4ccccc43)cc2)c(C)n1-c1cccnc1. The van der Waals surface area contributed by atoms with E-state index in [0.717, 1.165) is 29.2 Å². The molecule has 0 atom stereocenters. The predicted molar refractivity (Wildman–Crippen MR) is 129 cm³/mol. The lowest BCUT2D eigenvalue weighted by atomic mass is 10.1. The zero-order chi connectivity index (χ0) is 22.9. The van der Waals surface area contributed by atoms with E-state index in [4.69, 9.17) is 0 Å². The number of anilines is 2. The molecule has 0 fully saturated rings. The van der Waals surface area contributed by atoms with E-state index in [1.54, 1.807) is 36.7 Å². The minimum Gasteiger partial charge on any atom is -0.322 e. The molecule has 0 radical (unpaired) electrons. The number of carbonyl (C=O) groups excluding carboxylic acids is 2. The number of aryl methyl sites for hydroxylation is 1. The average molecular weight is 437 g/mol. The smallest absolute Gasteiger partial charge is 0.258 e. The fraction of sp³-hybridized carbons (Fsp3) is 0.148. The zero-order valence-corrected chi connectivity index (χ0v) is 18.6. The fourth-order valence-corrected chi connectivity index (χ4v) is 4.48. The van der Waals surface area contributed by atoms with Crippen molar-refractivity contribution in [2.75, 3.05) is 16.8 Å². The monoisotopic (exact) mass is 436 g/mol. The molecule has 33 heavy (non-hydrogen) atoms. The van der Waals surface area contributed by atoms with Crippen LogP contribution < -0.4 is 10.2 Å². The molecule has 2 amide bonds. The van der Waals surface area contributed by atoms with Crippen LogP contribution in [-0.4, -0.2) is 27.9 Å². The van der Waals surface area contributed by atoms with E-state index in [1.165, 1.54) is 5.56 Å². The number of benzene rings is 2. The molecular formula is C27H24N4O2. The second kappa shape index (κ2) is 8.39. The number of amides is 2. The molecule has 0 unspecified atom stereocenters. The van der Waals surface area contributed by atoms with Gasteiger partial charge in [0.05, 0.1) is 17.4 Å². The van der Waals surface area contributed by atoms with Gasteiger partial charge in [-0.1, -0.05) is 18.2 Å². The molecular weight excluding hydrogens is 412 g/mol. The van der Waals surface area contributed by atoms with E-state index in [9.17, 15) is 9.59 Å². The van der Waals surface area contributed by atoms with Crippen molar-refractivity contribution in [3.8, 4) is 5.69 Å². The number of carbonyl (C=O) groups is 2. The van der Waals surface area contributed by atoms with Gasteiger partial charge in [-0.05, 0) is 74.4 Å². The maximum absolute atomic E-state index is 13.0. The third-order valence-electron chi connectivity index (χ3n) is 6.10. The summed E-state index contributed by atoms with van der Waals surface area (Å²) in [5.41, 5.74) is 6.73. The number of pyridine rings is 1. The Hall–Kier alpha value is -4.19. The lowest BCUT2D eigenvalue weighted by molar-refractivity contribution is 0.0988. The van der Waals surface area contributed by atoms with Crippen LogP contribution in [-0.2, 0) is 6.42 Å². The molecule has 0 spiro atoms. The van der Waals surface area contributed by atoms with E-state index in [0.29, 0.717) is 23.4 Å². The molecule has 1 N–H and O–H groups in total. The number of aromatic nitrogens is 2. The summed E-state index contributed by atoms with van der Waals surface area (Å²) < 4.78 is 2.01. The Labute approximate surface area is 192 Å². The van der Waals surface area contributed by atoms with Gasteiger partial charge in [0, 0.05) is 41.1 Å². The summed E-state index contributed by atoms with van der Waals surface area (Å²) in [4.78, 5) is 32.0. The molecule has 0 aliphatic carbocycles. The van der Waals surface area contributed by atoms with Crippen molar-refractivity contribution in [2.24, 2.45) is 0 Å². The predicted octanol–water partition coefficient (Wildman–Crippen LogP) is 4.94. The Morgan fingerprint density at radius 2 is 1.76 bits per heavy atom. The normalized spacial score (nSPS) is 12.5. The summed E-state index contributed by atoms with van der Waals surface area (Å²) in [6, 6.07) is 20.8. The van der Waals surface area contributed by atoms with Crippen molar-refractivity contribution in [3.63, 3.8) is 0 Å². The third kappa shape index (κ3) is 3.80. The highest BCUT2D eigenvalue weighted by molar-refractivity contribution is 6.08. The van der Waals surface area contributed by atoms with Crippen LogP contribution in [0.1, 0.15) is 37.7 Å². The molecule has 2 aromatic heterocycles. The molecule has 0 saturated heterocycles. The highest BCUT2D eigenvalue weighted by atomic mass is 16.2. The van der Waals surface area contributed by atoms with Crippen LogP contribution >= 0.6 is 0 Å². The van der Waals surface area contributed by atoms with Crippen LogP contribution in [0.5, 0.6) is 0 Å². The van der Waals surface area contributed by atoms with E-state index < -0.39 is 0 Å². The number of nitrogens with one attached hydrogen (secondary N) is 1. The van der Waals surface area contributed by atoms with E-state index in [2.05, 4.69) is 16.4 Å².